The second kappa shape index (κ2) is 5.59. The largest absolute Gasteiger partial charge is 0.459 e. The van der Waals surface area contributed by atoms with E-state index in [0.29, 0.717) is 5.41 Å². The second-order valence-corrected chi connectivity index (χ2v) is 9.25. The van der Waals surface area contributed by atoms with Crippen LogP contribution in [0.25, 0.3) is 0 Å². The van der Waals surface area contributed by atoms with Crippen molar-refractivity contribution >= 4 is 5.97 Å². The van der Waals surface area contributed by atoms with E-state index in [2.05, 4.69) is 27.7 Å². The van der Waals surface area contributed by atoms with E-state index >= 15 is 0 Å². The van der Waals surface area contributed by atoms with Crippen molar-refractivity contribution in [2.24, 2.45) is 22.7 Å². The number of rotatable bonds is 3. The van der Waals surface area contributed by atoms with Crippen molar-refractivity contribution in [2.45, 2.75) is 92.1 Å². The van der Waals surface area contributed by atoms with E-state index in [1.165, 1.54) is 25.7 Å². The Morgan fingerprint density at radius 1 is 1.10 bits per heavy atom. The lowest BCUT2D eigenvalue weighted by Gasteiger charge is -2.49. The monoisotopic (exact) mass is 294 g/mol. The molecule has 2 heteroatoms. The van der Waals surface area contributed by atoms with Gasteiger partial charge in [-0.3, -0.25) is 4.79 Å². The van der Waals surface area contributed by atoms with Crippen LogP contribution in [0.3, 0.4) is 0 Å². The normalized spacial score (nSPS) is 35.9. The van der Waals surface area contributed by atoms with Crippen LogP contribution in [0, 0.1) is 22.7 Å². The molecule has 2 rings (SSSR count). The molecule has 2 nitrogen and oxygen atoms in total. The quantitative estimate of drug-likeness (QED) is 0.656. The molecule has 0 aromatic rings. The van der Waals surface area contributed by atoms with Gasteiger partial charge in [-0.2, -0.15) is 0 Å². The highest BCUT2D eigenvalue weighted by molar-refractivity contribution is 5.76. The van der Waals surface area contributed by atoms with Gasteiger partial charge in [-0.25, -0.2) is 0 Å². The smallest absolute Gasteiger partial charge is 0.312 e. The number of fused-ring (bicyclic) bond motifs is 1. The molecule has 0 aromatic heterocycles. The molecule has 3 atom stereocenters. The molecule has 0 amide bonds. The molecule has 2 aliphatic carbocycles. The van der Waals surface area contributed by atoms with E-state index in [4.69, 9.17) is 4.74 Å². The number of ether oxygens (including phenoxy) is 1. The van der Waals surface area contributed by atoms with Crippen LogP contribution in [-0.4, -0.2) is 11.6 Å². The molecule has 0 unspecified atom stereocenters. The minimum absolute atomic E-state index is 0.0120. The lowest BCUT2D eigenvalue weighted by atomic mass is 9.60. The van der Waals surface area contributed by atoms with Crippen molar-refractivity contribution in [1.29, 1.82) is 0 Å². The van der Waals surface area contributed by atoms with Gasteiger partial charge in [0.25, 0.3) is 0 Å². The maximum atomic E-state index is 12.4. The Balaban J connectivity index is 1.99. The van der Waals surface area contributed by atoms with Crippen LogP contribution in [-0.2, 0) is 9.53 Å². The van der Waals surface area contributed by atoms with E-state index in [9.17, 15) is 4.79 Å². The summed E-state index contributed by atoms with van der Waals surface area (Å²) in [5, 5.41) is 0. The summed E-state index contributed by atoms with van der Waals surface area (Å²) >= 11 is 0. The third-order valence-corrected chi connectivity index (χ3v) is 6.19. The molecule has 0 saturated heterocycles. The van der Waals surface area contributed by atoms with Gasteiger partial charge in [0.05, 0.1) is 5.41 Å². The Kier molecular flexibility index (Phi) is 4.48. The molecule has 2 fully saturated rings. The van der Waals surface area contributed by atoms with E-state index in [1.54, 1.807) is 0 Å². The van der Waals surface area contributed by atoms with Crippen LogP contribution in [0.5, 0.6) is 0 Å². The molecule has 0 aromatic carbocycles. The third-order valence-electron chi connectivity index (χ3n) is 6.19. The summed E-state index contributed by atoms with van der Waals surface area (Å²) in [6.45, 7) is 13.0. The van der Waals surface area contributed by atoms with Gasteiger partial charge in [0, 0.05) is 0 Å². The van der Waals surface area contributed by atoms with Crippen LogP contribution in [0.4, 0.5) is 0 Å². The summed E-state index contributed by atoms with van der Waals surface area (Å²) in [6.07, 6.45) is 8.14. The Morgan fingerprint density at radius 3 is 2.29 bits per heavy atom. The maximum absolute atomic E-state index is 12.4. The Morgan fingerprint density at radius 2 is 1.67 bits per heavy atom. The molecule has 0 bridgehead atoms. The van der Waals surface area contributed by atoms with Crippen LogP contribution in [0.15, 0.2) is 0 Å². The minimum Gasteiger partial charge on any atom is -0.459 e. The van der Waals surface area contributed by atoms with Gasteiger partial charge in [0.15, 0.2) is 0 Å². The van der Waals surface area contributed by atoms with Crippen molar-refractivity contribution in [3.8, 4) is 0 Å². The maximum Gasteiger partial charge on any atom is 0.312 e. The molecule has 2 saturated carbocycles. The topological polar surface area (TPSA) is 26.3 Å². The second-order valence-electron chi connectivity index (χ2n) is 9.25. The summed E-state index contributed by atoms with van der Waals surface area (Å²) < 4.78 is 6.00. The van der Waals surface area contributed by atoms with Crippen molar-refractivity contribution in [2.75, 3.05) is 0 Å². The summed E-state index contributed by atoms with van der Waals surface area (Å²) in [4.78, 5) is 12.4. The summed E-state index contributed by atoms with van der Waals surface area (Å²) in [7, 11) is 0. The van der Waals surface area contributed by atoms with E-state index in [1.807, 2.05) is 13.8 Å². The van der Waals surface area contributed by atoms with Gasteiger partial charge in [0.1, 0.15) is 5.60 Å². The third kappa shape index (κ3) is 3.81. The van der Waals surface area contributed by atoms with E-state index in [0.717, 1.165) is 31.1 Å². The van der Waals surface area contributed by atoms with Crippen molar-refractivity contribution < 1.29 is 9.53 Å². The number of carbonyl (C=O) groups is 1. The molecular formula is C19H34O2. The molecule has 0 heterocycles. The SMILES string of the molecule is CCC(C)(C)C(=O)O[C@]1(C)CC[C@H]2CC(C)(C)CC[C@@H]2C1. The lowest BCUT2D eigenvalue weighted by Crippen LogP contribution is -2.45. The van der Waals surface area contributed by atoms with Crippen molar-refractivity contribution in [1.82, 2.24) is 0 Å². The van der Waals surface area contributed by atoms with Gasteiger partial charge in [-0.05, 0) is 83.0 Å². The number of hydrogen-bond acceptors (Lipinski definition) is 2. The van der Waals surface area contributed by atoms with Gasteiger partial charge in [-0.15, -0.1) is 0 Å². The molecule has 122 valence electrons. The first-order chi connectivity index (χ1) is 9.57. The zero-order valence-corrected chi connectivity index (χ0v) is 14.9. The van der Waals surface area contributed by atoms with Crippen LogP contribution < -0.4 is 0 Å². The van der Waals surface area contributed by atoms with E-state index in [-0.39, 0.29) is 17.0 Å². The zero-order chi connectivity index (χ0) is 15.9. The van der Waals surface area contributed by atoms with Crippen molar-refractivity contribution in [3.63, 3.8) is 0 Å². The van der Waals surface area contributed by atoms with Gasteiger partial charge in [0.2, 0.25) is 0 Å². The molecule has 0 radical (unpaired) electrons. The minimum atomic E-state index is -0.353. The molecule has 0 aliphatic heterocycles. The van der Waals surface area contributed by atoms with Crippen LogP contribution in [0.1, 0.15) is 86.5 Å². The number of hydrogen-bond donors (Lipinski definition) is 0. The summed E-state index contributed by atoms with van der Waals surface area (Å²) in [6, 6.07) is 0. The summed E-state index contributed by atoms with van der Waals surface area (Å²) in [5.74, 6) is 1.59. The van der Waals surface area contributed by atoms with E-state index < -0.39 is 0 Å². The fraction of sp³-hybridized carbons (Fsp3) is 0.947. The highest BCUT2D eigenvalue weighted by Crippen LogP contribution is 2.51. The average molecular weight is 294 g/mol. The Hall–Kier alpha value is -0.530. The molecule has 0 spiro atoms. The van der Waals surface area contributed by atoms with Gasteiger partial charge < -0.3 is 4.74 Å². The first-order valence-electron chi connectivity index (χ1n) is 8.80. The molecule has 2 aliphatic rings. The fourth-order valence-corrected chi connectivity index (χ4v) is 4.14. The predicted molar refractivity (Wildman–Crippen MR) is 87.0 cm³/mol. The Bertz CT molecular complexity index is 396. The van der Waals surface area contributed by atoms with Crippen molar-refractivity contribution in [3.05, 3.63) is 0 Å². The molecular weight excluding hydrogens is 260 g/mol. The number of esters is 1. The average Bonchev–Trinajstić information content (AvgIpc) is 2.38. The Labute approximate surface area is 131 Å². The van der Waals surface area contributed by atoms with Crippen LogP contribution >= 0.6 is 0 Å². The lowest BCUT2D eigenvalue weighted by molar-refractivity contribution is -0.176. The highest BCUT2D eigenvalue weighted by Gasteiger charge is 2.45. The first-order valence-corrected chi connectivity index (χ1v) is 8.80. The van der Waals surface area contributed by atoms with Gasteiger partial charge in [-0.1, -0.05) is 20.8 Å². The fourth-order valence-electron chi connectivity index (χ4n) is 4.14. The standard InChI is InChI=1S/C19H34O2/c1-7-18(4,5)16(20)21-19(6)11-9-14-12-17(2,3)10-8-15(14)13-19/h14-15H,7-13H2,1-6H3/t14-,15+,19+/m0/s1. The molecule has 0 N–H and O–H groups in total. The number of carbonyl (C=O) groups excluding carboxylic acids is 1. The highest BCUT2D eigenvalue weighted by atomic mass is 16.6. The van der Waals surface area contributed by atoms with Crippen LogP contribution in [0.2, 0.25) is 0 Å². The zero-order valence-electron chi connectivity index (χ0n) is 14.9. The molecule has 21 heavy (non-hydrogen) atoms. The summed E-state index contributed by atoms with van der Waals surface area (Å²) in [5.41, 5.74) is -0.0730. The predicted octanol–water partition coefficient (Wildman–Crippen LogP) is 5.35. The van der Waals surface area contributed by atoms with Gasteiger partial charge >= 0.3 is 5.97 Å². The first kappa shape index (κ1) is 16.8.